The number of nitrogens with one attached hydrogen (secondary N) is 1. The molecule has 0 saturated carbocycles. The molecule has 2 aliphatic heterocycles. The van der Waals surface area contributed by atoms with Gasteiger partial charge in [0.2, 0.25) is 12.7 Å². The number of hydrogen-bond acceptors (Lipinski definition) is 5. The Bertz CT molecular complexity index is 812. The molecule has 0 radical (unpaired) electrons. The van der Waals surface area contributed by atoms with Crippen molar-refractivity contribution >= 4 is 17.5 Å². The van der Waals surface area contributed by atoms with E-state index in [0.29, 0.717) is 31.3 Å². The van der Waals surface area contributed by atoms with Crippen molar-refractivity contribution in [2.24, 2.45) is 0 Å². The second-order valence-electron chi connectivity index (χ2n) is 6.61. The summed E-state index contributed by atoms with van der Waals surface area (Å²) in [5.41, 5.74) is 2.05. The quantitative estimate of drug-likeness (QED) is 0.853. The largest absolute Gasteiger partial charge is 0.454 e. The second-order valence-corrected chi connectivity index (χ2v) is 7.05. The van der Waals surface area contributed by atoms with Gasteiger partial charge in [0, 0.05) is 24.7 Å². The van der Waals surface area contributed by atoms with Crippen LogP contribution in [0.15, 0.2) is 42.5 Å². The molecule has 2 aliphatic rings. The standard InChI is InChI=1S/C20H21ClN2O4/c21-16-4-2-15(3-5-16)19-11-23(7-8-25-19)12-20(24)22-10-14-1-6-17-18(9-14)27-13-26-17/h1-6,9,19H,7-8,10-13H2,(H,22,24). The maximum atomic E-state index is 12.3. The second kappa shape index (κ2) is 8.17. The summed E-state index contributed by atoms with van der Waals surface area (Å²) in [7, 11) is 0. The maximum Gasteiger partial charge on any atom is 0.234 e. The molecule has 142 valence electrons. The molecule has 0 spiro atoms. The molecule has 0 aromatic heterocycles. The summed E-state index contributed by atoms with van der Waals surface area (Å²) >= 11 is 5.95. The lowest BCUT2D eigenvalue weighted by atomic mass is 10.1. The third-order valence-electron chi connectivity index (χ3n) is 4.69. The van der Waals surface area contributed by atoms with Crippen LogP contribution in [0, 0.1) is 0 Å². The summed E-state index contributed by atoms with van der Waals surface area (Å²) in [6.45, 7) is 3.07. The topological polar surface area (TPSA) is 60.0 Å². The van der Waals surface area contributed by atoms with Crippen molar-refractivity contribution in [1.82, 2.24) is 10.2 Å². The van der Waals surface area contributed by atoms with Crippen LogP contribution >= 0.6 is 11.6 Å². The number of hydrogen-bond donors (Lipinski definition) is 1. The first-order valence-electron chi connectivity index (χ1n) is 8.92. The molecule has 1 fully saturated rings. The molecule has 1 N–H and O–H groups in total. The maximum absolute atomic E-state index is 12.3. The molecule has 2 aromatic carbocycles. The molecule has 7 heteroatoms. The van der Waals surface area contributed by atoms with E-state index in [0.717, 1.165) is 29.2 Å². The van der Waals surface area contributed by atoms with Crippen LogP contribution in [0.4, 0.5) is 0 Å². The fraction of sp³-hybridized carbons (Fsp3) is 0.350. The van der Waals surface area contributed by atoms with Gasteiger partial charge in [0.1, 0.15) is 0 Å². The fourth-order valence-corrected chi connectivity index (χ4v) is 3.36. The summed E-state index contributed by atoms with van der Waals surface area (Å²) in [4.78, 5) is 14.4. The highest BCUT2D eigenvalue weighted by Crippen LogP contribution is 2.32. The van der Waals surface area contributed by atoms with Gasteiger partial charge < -0.3 is 19.5 Å². The lowest BCUT2D eigenvalue weighted by Crippen LogP contribution is -2.44. The molecular formula is C20H21ClN2O4. The minimum absolute atomic E-state index is 0.00979. The number of fused-ring (bicyclic) bond motifs is 1. The van der Waals surface area contributed by atoms with Crippen molar-refractivity contribution in [1.29, 1.82) is 0 Å². The molecule has 0 aliphatic carbocycles. The molecule has 4 rings (SSSR count). The first kappa shape index (κ1) is 18.1. The van der Waals surface area contributed by atoms with Crippen LogP contribution in [0.5, 0.6) is 11.5 Å². The Balaban J connectivity index is 1.28. The van der Waals surface area contributed by atoms with Gasteiger partial charge in [-0.2, -0.15) is 0 Å². The number of nitrogens with zero attached hydrogens (tertiary/aromatic N) is 1. The van der Waals surface area contributed by atoms with Crippen molar-refractivity contribution in [3.05, 3.63) is 58.6 Å². The number of amides is 1. The highest BCUT2D eigenvalue weighted by atomic mass is 35.5. The number of benzene rings is 2. The molecule has 1 saturated heterocycles. The Hall–Kier alpha value is -2.28. The molecule has 2 heterocycles. The average molecular weight is 389 g/mol. The number of ether oxygens (including phenoxy) is 3. The van der Waals surface area contributed by atoms with Gasteiger partial charge >= 0.3 is 0 Å². The predicted octanol–water partition coefficient (Wildman–Crippen LogP) is 2.76. The van der Waals surface area contributed by atoms with E-state index in [4.69, 9.17) is 25.8 Å². The Morgan fingerprint density at radius 3 is 2.81 bits per heavy atom. The van der Waals surface area contributed by atoms with Gasteiger partial charge in [0.15, 0.2) is 11.5 Å². The van der Waals surface area contributed by atoms with Gasteiger partial charge in [-0.1, -0.05) is 29.8 Å². The lowest BCUT2D eigenvalue weighted by Gasteiger charge is -2.32. The minimum atomic E-state index is -0.0438. The summed E-state index contributed by atoms with van der Waals surface area (Å²) in [5, 5.41) is 3.67. The van der Waals surface area contributed by atoms with Crippen LogP contribution in [0.3, 0.4) is 0 Å². The van der Waals surface area contributed by atoms with Crippen LogP contribution < -0.4 is 14.8 Å². The minimum Gasteiger partial charge on any atom is -0.454 e. The number of halogens is 1. The Morgan fingerprint density at radius 2 is 1.96 bits per heavy atom. The van der Waals surface area contributed by atoms with Crippen LogP contribution in [0.1, 0.15) is 17.2 Å². The van der Waals surface area contributed by atoms with Crippen LogP contribution in [0.2, 0.25) is 5.02 Å². The van der Waals surface area contributed by atoms with Crippen LogP contribution in [0.25, 0.3) is 0 Å². The summed E-state index contributed by atoms with van der Waals surface area (Å²) in [6.07, 6.45) is -0.0438. The zero-order chi connectivity index (χ0) is 18.6. The number of rotatable bonds is 5. The number of carbonyl (C=O) groups is 1. The van der Waals surface area contributed by atoms with Crippen molar-refractivity contribution in [2.45, 2.75) is 12.6 Å². The van der Waals surface area contributed by atoms with E-state index in [2.05, 4.69) is 10.2 Å². The van der Waals surface area contributed by atoms with Gasteiger partial charge in [0.05, 0.1) is 19.3 Å². The van der Waals surface area contributed by atoms with Gasteiger partial charge in [0.25, 0.3) is 0 Å². The molecule has 2 aromatic rings. The smallest absolute Gasteiger partial charge is 0.234 e. The Labute approximate surface area is 163 Å². The first-order valence-corrected chi connectivity index (χ1v) is 9.30. The van der Waals surface area contributed by atoms with E-state index in [1.54, 1.807) is 0 Å². The Morgan fingerprint density at radius 1 is 1.15 bits per heavy atom. The lowest BCUT2D eigenvalue weighted by molar-refractivity contribution is -0.124. The summed E-state index contributed by atoms with van der Waals surface area (Å²) < 4.78 is 16.5. The zero-order valence-electron chi connectivity index (χ0n) is 14.8. The monoisotopic (exact) mass is 388 g/mol. The van der Waals surface area contributed by atoms with Crippen molar-refractivity contribution in [3.63, 3.8) is 0 Å². The summed E-state index contributed by atoms with van der Waals surface area (Å²) in [6, 6.07) is 13.3. The normalized spacial score (nSPS) is 19.1. The molecule has 0 bridgehead atoms. The average Bonchev–Trinajstić information content (AvgIpc) is 3.15. The molecule has 1 atom stereocenters. The van der Waals surface area contributed by atoms with Crippen molar-refractivity contribution in [2.75, 3.05) is 33.0 Å². The van der Waals surface area contributed by atoms with Gasteiger partial charge in [-0.3, -0.25) is 9.69 Å². The van der Waals surface area contributed by atoms with Gasteiger partial charge in [-0.15, -0.1) is 0 Å². The molecular weight excluding hydrogens is 368 g/mol. The molecule has 1 unspecified atom stereocenters. The summed E-state index contributed by atoms with van der Waals surface area (Å²) in [5.74, 6) is 1.46. The zero-order valence-corrected chi connectivity index (χ0v) is 15.6. The van der Waals surface area contributed by atoms with E-state index in [1.165, 1.54) is 0 Å². The first-order chi connectivity index (χ1) is 13.2. The molecule has 6 nitrogen and oxygen atoms in total. The third kappa shape index (κ3) is 4.53. The van der Waals surface area contributed by atoms with E-state index in [1.807, 2.05) is 42.5 Å². The number of carbonyl (C=O) groups excluding carboxylic acids is 1. The third-order valence-corrected chi connectivity index (χ3v) is 4.94. The van der Waals surface area contributed by atoms with E-state index >= 15 is 0 Å². The SMILES string of the molecule is O=C(CN1CCOC(c2ccc(Cl)cc2)C1)NCc1ccc2c(c1)OCO2. The van der Waals surface area contributed by atoms with Crippen molar-refractivity contribution in [3.8, 4) is 11.5 Å². The highest BCUT2D eigenvalue weighted by Gasteiger charge is 2.23. The highest BCUT2D eigenvalue weighted by molar-refractivity contribution is 6.30. The Kier molecular flexibility index (Phi) is 5.48. The molecule has 27 heavy (non-hydrogen) atoms. The van der Waals surface area contributed by atoms with E-state index in [-0.39, 0.29) is 18.8 Å². The van der Waals surface area contributed by atoms with E-state index in [9.17, 15) is 4.79 Å². The van der Waals surface area contributed by atoms with Gasteiger partial charge in [-0.25, -0.2) is 0 Å². The van der Waals surface area contributed by atoms with Gasteiger partial charge in [-0.05, 0) is 35.4 Å². The fourth-order valence-electron chi connectivity index (χ4n) is 3.24. The van der Waals surface area contributed by atoms with E-state index < -0.39 is 0 Å². The van der Waals surface area contributed by atoms with Crippen LogP contribution in [-0.2, 0) is 16.1 Å². The van der Waals surface area contributed by atoms with Crippen LogP contribution in [-0.4, -0.2) is 43.8 Å². The van der Waals surface area contributed by atoms with Crippen molar-refractivity contribution < 1.29 is 19.0 Å². The molecule has 1 amide bonds. The number of morpholine rings is 1. The predicted molar refractivity (Wildman–Crippen MR) is 101 cm³/mol.